The summed E-state index contributed by atoms with van der Waals surface area (Å²) in [5.74, 6) is 1.47. The van der Waals surface area contributed by atoms with Crippen LogP contribution in [0.5, 0.6) is 5.75 Å². The molecule has 6 nitrogen and oxygen atoms in total. The number of imidazole rings is 1. The first-order valence-corrected chi connectivity index (χ1v) is 11.9. The van der Waals surface area contributed by atoms with Crippen LogP contribution in [-0.2, 0) is 0 Å². The van der Waals surface area contributed by atoms with E-state index in [1.165, 1.54) is 0 Å². The summed E-state index contributed by atoms with van der Waals surface area (Å²) in [6.07, 6.45) is 0.981. The number of aromatic nitrogens is 2. The molecule has 1 fully saturated rings. The van der Waals surface area contributed by atoms with Crippen molar-refractivity contribution in [2.24, 2.45) is 0 Å². The van der Waals surface area contributed by atoms with E-state index in [4.69, 9.17) is 4.74 Å². The number of likely N-dealkylation sites (tertiary alicyclic amines) is 1. The van der Waals surface area contributed by atoms with Crippen molar-refractivity contribution in [1.29, 1.82) is 0 Å². The smallest absolute Gasteiger partial charge is 0.257 e. The van der Waals surface area contributed by atoms with Crippen LogP contribution in [0.4, 0.5) is 0 Å². The minimum absolute atomic E-state index is 0.00659. The van der Waals surface area contributed by atoms with Crippen molar-refractivity contribution in [2.75, 3.05) is 20.7 Å². The first-order chi connectivity index (χ1) is 14.8. The highest BCUT2D eigenvalue weighted by atomic mass is 127. The zero-order chi connectivity index (χ0) is 22.3. The van der Waals surface area contributed by atoms with Crippen molar-refractivity contribution in [2.45, 2.75) is 43.3 Å². The van der Waals surface area contributed by atoms with E-state index in [2.05, 4.69) is 57.0 Å². The van der Waals surface area contributed by atoms with Crippen LogP contribution >= 0.6 is 22.6 Å². The SMILES string of the molecule is COc1cc(-n2c(C)nc3ccccc32)ccc1C(=O)N(C)C1CCN(C(C)C)C1I. The van der Waals surface area contributed by atoms with E-state index in [1.54, 1.807) is 7.11 Å². The molecule has 164 valence electrons. The first kappa shape index (κ1) is 22.1. The minimum Gasteiger partial charge on any atom is -0.496 e. The molecular formula is C24H29IN4O2. The van der Waals surface area contributed by atoms with Crippen LogP contribution in [0, 0.1) is 6.92 Å². The van der Waals surface area contributed by atoms with Crippen molar-refractivity contribution in [1.82, 2.24) is 19.4 Å². The number of rotatable bonds is 5. The number of halogens is 1. The Morgan fingerprint density at radius 2 is 2.00 bits per heavy atom. The molecule has 0 aliphatic carbocycles. The average molecular weight is 532 g/mol. The molecule has 1 aliphatic rings. The molecule has 31 heavy (non-hydrogen) atoms. The van der Waals surface area contributed by atoms with Crippen LogP contribution in [0.15, 0.2) is 42.5 Å². The van der Waals surface area contributed by atoms with Gasteiger partial charge < -0.3 is 9.64 Å². The van der Waals surface area contributed by atoms with E-state index in [9.17, 15) is 4.79 Å². The third kappa shape index (κ3) is 3.93. The summed E-state index contributed by atoms with van der Waals surface area (Å²) < 4.78 is 8.06. The molecule has 3 aromatic rings. The van der Waals surface area contributed by atoms with Crippen molar-refractivity contribution in [3.8, 4) is 11.4 Å². The molecule has 7 heteroatoms. The number of aryl methyl sites for hydroxylation is 1. The number of carbonyl (C=O) groups is 1. The quantitative estimate of drug-likeness (QED) is 0.273. The first-order valence-electron chi connectivity index (χ1n) is 10.6. The summed E-state index contributed by atoms with van der Waals surface area (Å²) >= 11 is 2.47. The number of nitrogens with zero attached hydrogens (tertiary/aromatic N) is 4. The maximum Gasteiger partial charge on any atom is 0.257 e. The van der Waals surface area contributed by atoms with E-state index < -0.39 is 0 Å². The molecule has 4 rings (SSSR count). The zero-order valence-electron chi connectivity index (χ0n) is 18.7. The summed E-state index contributed by atoms with van der Waals surface area (Å²) in [6.45, 7) is 7.41. The van der Waals surface area contributed by atoms with Crippen LogP contribution in [0.2, 0.25) is 0 Å². The van der Waals surface area contributed by atoms with Gasteiger partial charge in [-0.3, -0.25) is 14.3 Å². The van der Waals surface area contributed by atoms with Crippen molar-refractivity contribution >= 4 is 39.5 Å². The van der Waals surface area contributed by atoms with E-state index >= 15 is 0 Å². The molecule has 0 radical (unpaired) electrons. The summed E-state index contributed by atoms with van der Waals surface area (Å²) in [6, 6.07) is 14.5. The number of benzene rings is 2. The molecule has 2 unspecified atom stereocenters. The molecule has 0 saturated carbocycles. The lowest BCUT2D eigenvalue weighted by atomic mass is 10.1. The normalized spacial score (nSPS) is 19.3. The zero-order valence-corrected chi connectivity index (χ0v) is 20.8. The third-order valence-electron chi connectivity index (χ3n) is 6.20. The van der Waals surface area contributed by atoms with Gasteiger partial charge in [0.05, 0.1) is 39.5 Å². The molecule has 2 aromatic carbocycles. The lowest BCUT2D eigenvalue weighted by molar-refractivity contribution is 0.0722. The van der Waals surface area contributed by atoms with Gasteiger partial charge >= 0.3 is 0 Å². The largest absolute Gasteiger partial charge is 0.496 e. The molecule has 1 amide bonds. The van der Waals surface area contributed by atoms with Gasteiger partial charge in [-0.1, -0.05) is 34.7 Å². The Hall–Kier alpha value is -2.13. The summed E-state index contributed by atoms with van der Waals surface area (Å²) in [4.78, 5) is 22.4. The van der Waals surface area contributed by atoms with Crippen molar-refractivity contribution in [3.05, 3.63) is 53.9 Å². The molecular weight excluding hydrogens is 503 g/mol. The number of alkyl halides is 1. The molecule has 0 bridgehead atoms. The maximum absolute atomic E-state index is 13.4. The number of hydrogen-bond acceptors (Lipinski definition) is 4. The molecule has 0 N–H and O–H groups in total. The van der Waals surface area contributed by atoms with E-state index in [1.807, 2.05) is 55.3 Å². The predicted octanol–water partition coefficient (Wildman–Crippen LogP) is 4.66. The van der Waals surface area contributed by atoms with Crippen molar-refractivity contribution < 1.29 is 9.53 Å². The Morgan fingerprint density at radius 3 is 2.68 bits per heavy atom. The highest BCUT2D eigenvalue weighted by Gasteiger charge is 2.38. The number of ether oxygens (including phenoxy) is 1. The van der Waals surface area contributed by atoms with Gasteiger partial charge in [0.25, 0.3) is 5.91 Å². The Bertz CT molecular complexity index is 1110. The van der Waals surface area contributed by atoms with Gasteiger partial charge in [-0.15, -0.1) is 0 Å². The minimum atomic E-state index is -0.00659. The van der Waals surface area contributed by atoms with E-state index in [0.29, 0.717) is 21.4 Å². The van der Waals surface area contributed by atoms with Gasteiger partial charge in [0.15, 0.2) is 0 Å². The second kappa shape index (κ2) is 8.78. The molecule has 2 heterocycles. The Balaban J connectivity index is 1.66. The number of methoxy groups -OCH3 is 1. The molecule has 2 atom stereocenters. The standard InChI is InChI=1S/C24H29IN4O2/c1-15(2)28-13-12-21(23(28)25)27(4)24(30)18-11-10-17(14-22(18)31-5)29-16(3)26-19-8-6-7-9-20(19)29/h6-11,14-15,21,23H,12-13H2,1-5H3. The summed E-state index contributed by atoms with van der Waals surface area (Å²) in [7, 11) is 3.52. The number of carbonyl (C=O) groups excluding carboxylic acids is 1. The summed E-state index contributed by atoms with van der Waals surface area (Å²) in [5.41, 5.74) is 3.50. The predicted molar refractivity (Wildman–Crippen MR) is 133 cm³/mol. The molecule has 1 aliphatic heterocycles. The van der Waals surface area contributed by atoms with E-state index in [-0.39, 0.29) is 11.9 Å². The van der Waals surface area contributed by atoms with Gasteiger partial charge in [0.2, 0.25) is 0 Å². The number of likely N-dealkylation sites (N-methyl/N-ethyl adjacent to an activating group) is 1. The van der Waals surface area contributed by atoms with Gasteiger partial charge in [-0.25, -0.2) is 4.98 Å². The number of fused-ring (bicyclic) bond motifs is 1. The van der Waals surface area contributed by atoms with Crippen LogP contribution in [0.3, 0.4) is 0 Å². The number of hydrogen-bond donors (Lipinski definition) is 0. The fraction of sp³-hybridized carbons (Fsp3) is 0.417. The highest BCUT2D eigenvalue weighted by Crippen LogP contribution is 2.32. The van der Waals surface area contributed by atoms with Crippen molar-refractivity contribution in [3.63, 3.8) is 0 Å². The highest BCUT2D eigenvalue weighted by molar-refractivity contribution is 14.1. The number of para-hydroxylation sites is 2. The Kier molecular flexibility index (Phi) is 6.25. The lowest BCUT2D eigenvalue weighted by Gasteiger charge is -2.31. The second-order valence-electron chi connectivity index (χ2n) is 8.34. The van der Waals surface area contributed by atoms with E-state index in [0.717, 1.165) is 35.5 Å². The van der Waals surface area contributed by atoms with Gasteiger partial charge in [0.1, 0.15) is 11.6 Å². The second-order valence-corrected chi connectivity index (χ2v) is 9.62. The molecule has 1 aromatic heterocycles. The third-order valence-corrected chi connectivity index (χ3v) is 7.75. The maximum atomic E-state index is 13.4. The van der Waals surface area contributed by atoms with Crippen LogP contribution in [0.1, 0.15) is 36.5 Å². The van der Waals surface area contributed by atoms with Crippen LogP contribution in [-0.4, -0.2) is 62.1 Å². The Morgan fingerprint density at radius 1 is 1.26 bits per heavy atom. The fourth-order valence-electron chi connectivity index (χ4n) is 4.49. The Labute approximate surface area is 197 Å². The summed E-state index contributed by atoms with van der Waals surface area (Å²) in [5, 5.41) is 0. The van der Waals surface area contributed by atoms with Gasteiger partial charge in [0, 0.05) is 25.7 Å². The average Bonchev–Trinajstić information content (AvgIpc) is 3.31. The van der Waals surface area contributed by atoms with Gasteiger partial charge in [-0.05, 0) is 51.5 Å². The van der Waals surface area contributed by atoms with Crippen LogP contribution < -0.4 is 4.74 Å². The monoisotopic (exact) mass is 532 g/mol. The van der Waals surface area contributed by atoms with Crippen LogP contribution in [0.25, 0.3) is 16.7 Å². The molecule has 0 spiro atoms. The lowest BCUT2D eigenvalue weighted by Crippen LogP contribution is -2.44. The fourth-order valence-corrected chi connectivity index (χ4v) is 6.26. The topological polar surface area (TPSA) is 50.6 Å². The number of amides is 1. The van der Waals surface area contributed by atoms with Gasteiger partial charge in [-0.2, -0.15) is 0 Å². The molecule has 1 saturated heterocycles.